The zero-order valence-electron chi connectivity index (χ0n) is 9.96. The molecule has 0 radical (unpaired) electrons. The molecule has 0 spiro atoms. The van der Waals surface area contributed by atoms with Crippen LogP contribution in [0.25, 0.3) is 0 Å². The molecule has 2 aliphatic heterocycles. The van der Waals surface area contributed by atoms with Crippen molar-refractivity contribution in [1.29, 1.82) is 0 Å². The third kappa shape index (κ3) is 2.27. The molecular formula is C13H15NO3S. The Bertz CT molecular complexity index is 477. The van der Waals surface area contributed by atoms with E-state index in [1.165, 1.54) is 0 Å². The van der Waals surface area contributed by atoms with E-state index < -0.39 is 0 Å². The van der Waals surface area contributed by atoms with Crippen LogP contribution in [-0.2, 0) is 11.2 Å². The zero-order chi connectivity index (χ0) is 12.5. The van der Waals surface area contributed by atoms with Gasteiger partial charge < -0.3 is 14.4 Å². The summed E-state index contributed by atoms with van der Waals surface area (Å²) in [4.78, 5) is 13.5. The minimum Gasteiger partial charge on any atom is -0.454 e. The Kier molecular flexibility index (Phi) is 3.07. The number of carbonyl (C=O) groups is 1. The molecule has 1 unspecified atom stereocenters. The summed E-state index contributed by atoms with van der Waals surface area (Å²) in [5, 5.41) is 0.189. The Labute approximate surface area is 111 Å². The summed E-state index contributed by atoms with van der Waals surface area (Å²) in [6.07, 6.45) is 1.40. The molecule has 1 amide bonds. The van der Waals surface area contributed by atoms with Gasteiger partial charge in [0.1, 0.15) is 0 Å². The summed E-state index contributed by atoms with van der Waals surface area (Å²) in [6.45, 7) is 1.80. The molecule has 0 aliphatic carbocycles. The number of ether oxygens (including phenoxy) is 2. The molecule has 96 valence electrons. The normalized spacial score (nSPS) is 21.7. The molecule has 0 aromatic heterocycles. The molecule has 0 saturated carbocycles. The molecule has 5 heteroatoms. The number of hydrogen-bond acceptors (Lipinski definition) is 4. The molecule has 3 rings (SSSR count). The Hall–Kier alpha value is -1.36. The second-order valence-electron chi connectivity index (χ2n) is 4.64. The maximum atomic E-state index is 11.6. The number of carbonyl (C=O) groups excluding carboxylic acids is 1. The van der Waals surface area contributed by atoms with Crippen LogP contribution in [-0.4, -0.2) is 35.9 Å². The summed E-state index contributed by atoms with van der Waals surface area (Å²) in [6, 6.07) is 5.93. The summed E-state index contributed by atoms with van der Waals surface area (Å²) >= 11 is 4.35. The van der Waals surface area contributed by atoms with E-state index in [9.17, 15) is 4.79 Å². The summed E-state index contributed by atoms with van der Waals surface area (Å²) < 4.78 is 10.6. The van der Waals surface area contributed by atoms with E-state index in [4.69, 9.17) is 9.47 Å². The minimum atomic E-state index is 0.189. The van der Waals surface area contributed by atoms with Crippen LogP contribution in [0.1, 0.15) is 12.0 Å². The van der Waals surface area contributed by atoms with E-state index in [0.717, 1.165) is 36.6 Å². The van der Waals surface area contributed by atoms with E-state index in [2.05, 4.69) is 12.6 Å². The van der Waals surface area contributed by atoms with Crippen molar-refractivity contribution in [3.8, 4) is 11.5 Å². The van der Waals surface area contributed by atoms with Gasteiger partial charge >= 0.3 is 0 Å². The van der Waals surface area contributed by atoms with E-state index in [1.54, 1.807) is 0 Å². The lowest BCUT2D eigenvalue weighted by molar-refractivity contribution is -0.127. The fraction of sp³-hybridized carbons (Fsp3) is 0.462. The monoisotopic (exact) mass is 265 g/mol. The second-order valence-corrected chi connectivity index (χ2v) is 5.37. The smallest absolute Gasteiger partial charge is 0.231 e. The molecule has 2 aliphatic rings. The number of fused-ring (bicyclic) bond motifs is 1. The zero-order valence-corrected chi connectivity index (χ0v) is 10.9. The van der Waals surface area contributed by atoms with E-state index in [0.29, 0.717) is 13.2 Å². The predicted molar refractivity (Wildman–Crippen MR) is 70.2 cm³/mol. The van der Waals surface area contributed by atoms with Crippen molar-refractivity contribution in [2.45, 2.75) is 18.1 Å². The number of benzene rings is 1. The number of nitrogens with zero attached hydrogens (tertiary/aromatic N) is 1. The Morgan fingerprint density at radius 1 is 1.33 bits per heavy atom. The first kappa shape index (κ1) is 11.7. The maximum absolute atomic E-state index is 11.6. The first-order valence-corrected chi connectivity index (χ1v) is 6.58. The molecule has 0 bridgehead atoms. The van der Waals surface area contributed by atoms with Crippen molar-refractivity contribution < 1.29 is 14.3 Å². The van der Waals surface area contributed by atoms with Crippen LogP contribution in [0.2, 0.25) is 0 Å². The van der Waals surface area contributed by atoms with Gasteiger partial charge in [0.05, 0.1) is 0 Å². The number of amides is 1. The first-order valence-electron chi connectivity index (χ1n) is 6.07. The number of rotatable bonds is 3. The average Bonchev–Trinajstić information content (AvgIpc) is 2.92. The molecule has 1 aromatic rings. The number of thiol groups is 1. The highest BCUT2D eigenvalue weighted by Crippen LogP contribution is 2.32. The maximum Gasteiger partial charge on any atom is 0.231 e. The molecule has 1 aromatic carbocycles. The largest absolute Gasteiger partial charge is 0.454 e. The highest BCUT2D eigenvalue weighted by Gasteiger charge is 2.26. The SMILES string of the molecule is O=C1CC(S)CN1CCc1ccc2c(c1)OCO2. The molecule has 1 fully saturated rings. The fourth-order valence-electron chi connectivity index (χ4n) is 2.33. The Morgan fingerprint density at radius 3 is 2.94 bits per heavy atom. The van der Waals surface area contributed by atoms with E-state index >= 15 is 0 Å². The van der Waals surface area contributed by atoms with E-state index in [1.807, 2.05) is 23.1 Å². The second kappa shape index (κ2) is 4.72. The van der Waals surface area contributed by atoms with Crippen LogP contribution >= 0.6 is 12.6 Å². The highest BCUT2D eigenvalue weighted by molar-refractivity contribution is 7.81. The van der Waals surface area contributed by atoms with Crippen LogP contribution in [0.15, 0.2) is 18.2 Å². The van der Waals surface area contributed by atoms with Crippen LogP contribution in [0.3, 0.4) is 0 Å². The third-order valence-electron chi connectivity index (χ3n) is 3.30. The minimum absolute atomic E-state index is 0.189. The molecule has 1 atom stereocenters. The van der Waals surface area contributed by atoms with Crippen molar-refractivity contribution >= 4 is 18.5 Å². The molecule has 0 N–H and O–H groups in total. The molecular weight excluding hydrogens is 250 g/mol. The van der Waals surface area contributed by atoms with Gasteiger partial charge in [0.15, 0.2) is 11.5 Å². The lowest BCUT2D eigenvalue weighted by atomic mass is 10.1. The summed E-state index contributed by atoms with van der Waals surface area (Å²) in [5.74, 6) is 1.80. The van der Waals surface area contributed by atoms with Gasteiger partial charge in [-0.3, -0.25) is 4.79 Å². The Morgan fingerprint density at radius 2 is 2.17 bits per heavy atom. The average molecular weight is 265 g/mol. The van der Waals surface area contributed by atoms with Gasteiger partial charge in [-0.25, -0.2) is 0 Å². The van der Waals surface area contributed by atoms with Crippen molar-refractivity contribution in [1.82, 2.24) is 4.90 Å². The summed E-state index contributed by atoms with van der Waals surface area (Å²) in [7, 11) is 0. The molecule has 1 saturated heterocycles. The summed E-state index contributed by atoms with van der Waals surface area (Å²) in [5.41, 5.74) is 1.16. The van der Waals surface area contributed by atoms with Gasteiger partial charge in [-0.05, 0) is 24.1 Å². The molecule has 4 nitrogen and oxygen atoms in total. The quantitative estimate of drug-likeness (QED) is 0.842. The van der Waals surface area contributed by atoms with Crippen molar-refractivity contribution in [3.05, 3.63) is 23.8 Å². The van der Waals surface area contributed by atoms with Crippen molar-refractivity contribution in [2.24, 2.45) is 0 Å². The lowest BCUT2D eigenvalue weighted by Crippen LogP contribution is -2.27. The third-order valence-corrected chi connectivity index (χ3v) is 3.65. The standard InChI is InChI=1S/C13H15NO3S/c15-13-6-10(18)7-14(13)4-3-9-1-2-11-12(5-9)17-8-16-11/h1-2,5,10,18H,3-4,6-8H2. The number of hydrogen-bond donors (Lipinski definition) is 1. The number of likely N-dealkylation sites (tertiary alicyclic amines) is 1. The molecule has 2 heterocycles. The fourth-order valence-corrected chi connectivity index (χ4v) is 2.68. The van der Waals surface area contributed by atoms with Crippen LogP contribution < -0.4 is 9.47 Å². The van der Waals surface area contributed by atoms with Gasteiger partial charge in [0.25, 0.3) is 0 Å². The van der Waals surface area contributed by atoms with E-state index in [-0.39, 0.29) is 11.2 Å². The predicted octanol–water partition coefficient (Wildman–Crippen LogP) is 1.49. The van der Waals surface area contributed by atoms with Crippen molar-refractivity contribution in [3.63, 3.8) is 0 Å². The lowest BCUT2D eigenvalue weighted by Gasteiger charge is -2.15. The molecule has 18 heavy (non-hydrogen) atoms. The highest BCUT2D eigenvalue weighted by atomic mass is 32.1. The van der Waals surface area contributed by atoms with Gasteiger partial charge in [-0.1, -0.05) is 6.07 Å². The van der Waals surface area contributed by atoms with Gasteiger partial charge in [-0.2, -0.15) is 12.6 Å². The Balaban J connectivity index is 1.62. The topological polar surface area (TPSA) is 38.8 Å². The van der Waals surface area contributed by atoms with Gasteiger partial charge in [0, 0.05) is 24.8 Å². The van der Waals surface area contributed by atoms with Crippen LogP contribution in [0.4, 0.5) is 0 Å². The van der Waals surface area contributed by atoms with Crippen LogP contribution in [0.5, 0.6) is 11.5 Å². The van der Waals surface area contributed by atoms with Gasteiger partial charge in [-0.15, -0.1) is 0 Å². The van der Waals surface area contributed by atoms with Crippen LogP contribution in [0, 0.1) is 0 Å². The first-order chi connectivity index (χ1) is 8.72. The van der Waals surface area contributed by atoms with Gasteiger partial charge in [0.2, 0.25) is 12.7 Å². The van der Waals surface area contributed by atoms with Crippen molar-refractivity contribution in [2.75, 3.05) is 19.9 Å².